The van der Waals surface area contributed by atoms with Gasteiger partial charge in [-0.3, -0.25) is 19.8 Å². The number of carbonyl (C=O) groups excluding carboxylic acids is 1. The zero-order valence-corrected chi connectivity index (χ0v) is 13.2. The Balaban J connectivity index is 1.59. The van der Waals surface area contributed by atoms with Gasteiger partial charge in [0.05, 0.1) is 26.0 Å². The summed E-state index contributed by atoms with van der Waals surface area (Å²) in [6, 6.07) is 1.89. The summed E-state index contributed by atoms with van der Waals surface area (Å²) in [4.78, 5) is 21.9. The molecule has 24 heavy (non-hydrogen) atoms. The lowest BCUT2D eigenvalue weighted by molar-refractivity contribution is -0.0346. The number of amides is 1. The topological polar surface area (TPSA) is 116 Å². The van der Waals surface area contributed by atoms with Crippen LogP contribution in [0.2, 0.25) is 0 Å². The van der Waals surface area contributed by atoms with Gasteiger partial charge in [0.15, 0.2) is 0 Å². The van der Waals surface area contributed by atoms with Gasteiger partial charge in [0, 0.05) is 43.9 Å². The van der Waals surface area contributed by atoms with Gasteiger partial charge >= 0.3 is 0 Å². The number of aromatic amines is 1. The van der Waals surface area contributed by atoms with Gasteiger partial charge < -0.3 is 15.2 Å². The van der Waals surface area contributed by atoms with E-state index in [9.17, 15) is 9.90 Å². The van der Waals surface area contributed by atoms with Crippen molar-refractivity contribution in [3.05, 3.63) is 42.2 Å². The summed E-state index contributed by atoms with van der Waals surface area (Å²) in [5.74, 6) is -0.374. The van der Waals surface area contributed by atoms with Crippen LogP contribution in [0.4, 0.5) is 0 Å². The molecule has 128 valence electrons. The van der Waals surface area contributed by atoms with E-state index >= 15 is 0 Å². The summed E-state index contributed by atoms with van der Waals surface area (Å²) >= 11 is 0. The van der Waals surface area contributed by atoms with E-state index in [4.69, 9.17) is 4.74 Å². The quantitative estimate of drug-likeness (QED) is 0.656. The Kier molecular flexibility index (Phi) is 5.14. The minimum absolute atomic E-state index is 0.0713. The normalized spacial score (nSPS) is 22.0. The van der Waals surface area contributed by atoms with Crippen LogP contribution < -0.4 is 5.32 Å². The maximum absolute atomic E-state index is 12.1. The van der Waals surface area contributed by atoms with E-state index in [2.05, 4.69) is 30.4 Å². The molecule has 3 N–H and O–H groups in total. The van der Waals surface area contributed by atoms with E-state index in [-0.39, 0.29) is 24.8 Å². The van der Waals surface area contributed by atoms with Crippen molar-refractivity contribution in [1.29, 1.82) is 0 Å². The van der Waals surface area contributed by atoms with E-state index in [0.29, 0.717) is 26.2 Å². The number of carbonyl (C=O) groups is 1. The molecule has 1 aliphatic rings. The van der Waals surface area contributed by atoms with Crippen LogP contribution in [-0.4, -0.2) is 74.5 Å². The Morgan fingerprint density at radius 2 is 2.38 bits per heavy atom. The highest BCUT2D eigenvalue weighted by atomic mass is 16.5. The average Bonchev–Trinajstić information content (AvgIpc) is 3.03. The number of nitrogens with one attached hydrogen (secondary N) is 2. The molecular weight excluding hydrogens is 312 g/mol. The number of rotatable bonds is 5. The summed E-state index contributed by atoms with van der Waals surface area (Å²) in [6.45, 7) is 2.46. The van der Waals surface area contributed by atoms with Crippen molar-refractivity contribution in [2.75, 3.05) is 32.8 Å². The molecule has 0 saturated carbocycles. The number of hydrogen-bond donors (Lipinski definition) is 3. The van der Waals surface area contributed by atoms with Crippen LogP contribution in [0.1, 0.15) is 16.2 Å². The summed E-state index contributed by atoms with van der Waals surface area (Å²) in [5.41, 5.74) is 0.00166. The molecule has 1 fully saturated rings. The number of H-pyrrole nitrogens is 1. The Bertz CT molecular complexity index is 650. The molecule has 1 atom stereocenters. The Labute approximate surface area is 139 Å². The van der Waals surface area contributed by atoms with E-state index in [0.717, 1.165) is 5.69 Å². The van der Waals surface area contributed by atoms with Crippen molar-refractivity contribution in [3.63, 3.8) is 0 Å². The second kappa shape index (κ2) is 7.47. The summed E-state index contributed by atoms with van der Waals surface area (Å²) < 4.78 is 5.50. The van der Waals surface area contributed by atoms with Gasteiger partial charge in [0.25, 0.3) is 5.91 Å². The largest absolute Gasteiger partial charge is 0.384 e. The zero-order chi connectivity index (χ0) is 16.8. The third-order valence-electron chi connectivity index (χ3n) is 3.77. The third-order valence-corrected chi connectivity index (χ3v) is 3.77. The monoisotopic (exact) mass is 332 g/mol. The van der Waals surface area contributed by atoms with E-state index in [1.807, 2.05) is 6.07 Å². The van der Waals surface area contributed by atoms with Gasteiger partial charge in [0.1, 0.15) is 11.3 Å². The van der Waals surface area contributed by atoms with Crippen molar-refractivity contribution in [2.45, 2.75) is 12.1 Å². The molecule has 0 aliphatic carbocycles. The third kappa shape index (κ3) is 4.34. The first-order valence-corrected chi connectivity index (χ1v) is 7.70. The fourth-order valence-corrected chi connectivity index (χ4v) is 2.60. The number of β-amino-alcohol motifs (C(OH)–C–C–N with tert-alkyl or cyclic N) is 1. The molecule has 1 saturated heterocycles. The van der Waals surface area contributed by atoms with Gasteiger partial charge in [0.2, 0.25) is 0 Å². The Morgan fingerprint density at radius 1 is 1.46 bits per heavy atom. The number of nitrogens with zero attached hydrogens (tertiary/aromatic N) is 4. The molecule has 3 heterocycles. The van der Waals surface area contributed by atoms with Gasteiger partial charge in [-0.25, -0.2) is 4.98 Å². The Hall–Kier alpha value is -2.36. The number of ether oxygens (including phenoxy) is 1. The predicted octanol–water partition coefficient (Wildman–Crippen LogP) is -0.807. The van der Waals surface area contributed by atoms with Crippen LogP contribution in [0.15, 0.2) is 30.9 Å². The van der Waals surface area contributed by atoms with Crippen LogP contribution in [-0.2, 0) is 11.3 Å². The van der Waals surface area contributed by atoms with Crippen molar-refractivity contribution in [2.24, 2.45) is 0 Å². The van der Waals surface area contributed by atoms with Crippen LogP contribution in [0.5, 0.6) is 0 Å². The van der Waals surface area contributed by atoms with Crippen molar-refractivity contribution < 1.29 is 14.6 Å². The highest BCUT2D eigenvalue weighted by Gasteiger charge is 2.33. The van der Waals surface area contributed by atoms with E-state index in [1.54, 1.807) is 6.20 Å². The molecule has 1 amide bonds. The molecule has 0 bridgehead atoms. The van der Waals surface area contributed by atoms with Crippen LogP contribution >= 0.6 is 0 Å². The molecule has 1 aliphatic heterocycles. The second-order valence-electron chi connectivity index (χ2n) is 5.84. The van der Waals surface area contributed by atoms with Crippen LogP contribution in [0, 0.1) is 0 Å². The lowest BCUT2D eigenvalue weighted by Gasteiger charge is -2.30. The maximum Gasteiger partial charge on any atom is 0.271 e. The highest BCUT2D eigenvalue weighted by molar-refractivity contribution is 5.91. The van der Waals surface area contributed by atoms with E-state index in [1.165, 1.54) is 18.6 Å². The summed E-state index contributed by atoms with van der Waals surface area (Å²) in [6.07, 6.45) is 6.02. The minimum atomic E-state index is -1.17. The fraction of sp³-hybridized carbons (Fsp3) is 0.467. The number of aliphatic hydroxyl groups is 1. The molecule has 0 aromatic carbocycles. The standard InChI is InChI=1S/C15H20N6O3/c22-14(13-7-16-3-4-17-13)18-9-15(23)10-21(5-6-24-11-15)8-12-1-2-19-20-12/h1-4,7,23H,5-6,8-11H2,(H,18,22)(H,19,20)/t15-/m0/s1. The van der Waals surface area contributed by atoms with Gasteiger partial charge in [-0.2, -0.15) is 5.10 Å². The first-order chi connectivity index (χ1) is 11.6. The molecule has 0 unspecified atom stereocenters. The predicted molar refractivity (Wildman–Crippen MR) is 84.0 cm³/mol. The summed E-state index contributed by atoms with van der Waals surface area (Å²) in [7, 11) is 0. The molecule has 9 heteroatoms. The first kappa shape index (κ1) is 16.5. The lowest BCUT2D eigenvalue weighted by Crippen LogP contribution is -2.52. The number of aromatic nitrogens is 4. The number of hydrogen-bond acceptors (Lipinski definition) is 7. The maximum atomic E-state index is 12.1. The molecular formula is C15H20N6O3. The average molecular weight is 332 g/mol. The molecule has 0 spiro atoms. The SMILES string of the molecule is O=C(NC[C@@]1(O)COCCN(Cc2ccn[nH]2)C1)c1cnccn1. The Morgan fingerprint density at radius 3 is 3.12 bits per heavy atom. The molecule has 2 aromatic heterocycles. The van der Waals surface area contributed by atoms with Gasteiger partial charge in [-0.15, -0.1) is 0 Å². The van der Waals surface area contributed by atoms with Crippen LogP contribution in [0.3, 0.4) is 0 Å². The molecule has 2 aromatic rings. The molecule has 9 nitrogen and oxygen atoms in total. The van der Waals surface area contributed by atoms with Gasteiger partial charge in [-0.1, -0.05) is 0 Å². The highest BCUT2D eigenvalue weighted by Crippen LogP contribution is 2.14. The van der Waals surface area contributed by atoms with E-state index < -0.39 is 5.60 Å². The molecule has 0 radical (unpaired) electrons. The zero-order valence-electron chi connectivity index (χ0n) is 13.2. The minimum Gasteiger partial charge on any atom is -0.384 e. The fourth-order valence-electron chi connectivity index (χ4n) is 2.60. The van der Waals surface area contributed by atoms with Crippen molar-refractivity contribution in [3.8, 4) is 0 Å². The van der Waals surface area contributed by atoms with Gasteiger partial charge in [-0.05, 0) is 6.07 Å². The smallest absolute Gasteiger partial charge is 0.271 e. The summed E-state index contributed by atoms with van der Waals surface area (Å²) in [5, 5.41) is 20.3. The van der Waals surface area contributed by atoms with Crippen molar-refractivity contribution in [1.82, 2.24) is 30.4 Å². The van der Waals surface area contributed by atoms with Crippen molar-refractivity contribution >= 4 is 5.91 Å². The van der Waals surface area contributed by atoms with Crippen LogP contribution in [0.25, 0.3) is 0 Å². The first-order valence-electron chi connectivity index (χ1n) is 7.70. The lowest BCUT2D eigenvalue weighted by atomic mass is 10.0. The molecule has 3 rings (SSSR count). The second-order valence-corrected chi connectivity index (χ2v) is 5.84.